The van der Waals surface area contributed by atoms with Crippen molar-refractivity contribution in [1.29, 1.82) is 0 Å². The number of amides is 1. The van der Waals surface area contributed by atoms with Crippen molar-refractivity contribution in [2.24, 2.45) is 18.7 Å². The maximum atomic E-state index is 11.5. The zero-order valence-electron chi connectivity index (χ0n) is 16.7. The molecule has 1 aliphatic heterocycles. The molecule has 0 radical (unpaired) electrons. The Morgan fingerprint density at radius 2 is 2.07 bits per heavy atom. The largest absolute Gasteiger partial charge is 0.369 e. The van der Waals surface area contributed by atoms with Gasteiger partial charge in [-0.05, 0) is 44.4 Å². The Kier molecular flexibility index (Phi) is 6.29. The predicted molar refractivity (Wildman–Crippen MR) is 107 cm³/mol. The number of aryl methyl sites for hydroxylation is 2. The van der Waals surface area contributed by atoms with Crippen molar-refractivity contribution in [2.75, 3.05) is 13.1 Å². The Balaban J connectivity index is 1.55. The van der Waals surface area contributed by atoms with Crippen molar-refractivity contribution < 1.29 is 4.79 Å². The van der Waals surface area contributed by atoms with Crippen LogP contribution in [0.15, 0.2) is 24.3 Å². The molecule has 0 aliphatic carbocycles. The fourth-order valence-electron chi connectivity index (χ4n) is 3.93. The normalized spacial score (nSPS) is 18.0. The van der Waals surface area contributed by atoms with Crippen molar-refractivity contribution in [2.45, 2.75) is 46.3 Å². The van der Waals surface area contributed by atoms with Gasteiger partial charge in [-0.2, -0.15) is 5.10 Å². The van der Waals surface area contributed by atoms with Crippen LogP contribution in [-0.2, 0) is 31.5 Å². The maximum Gasteiger partial charge on any atom is 0.221 e. The third-order valence-corrected chi connectivity index (χ3v) is 5.60. The minimum absolute atomic E-state index is 0.00504. The van der Waals surface area contributed by atoms with E-state index in [2.05, 4.69) is 53.4 Å². The van der Waals surface area contributed by atoms with Crippen molar-refractivity contribution in [3.8, 4) is 0 Å². The van der Waals surface area contributed by atoms with E-state index in [1.54, 1.807) is 0 Å². The van der Waals surface area contributed by atoms with Gasteiger partial charge in [0, 0.05) is 44.5 Å². The average Bonchev–Trinajstić information content (AvgIpc) is 2.88. The zero-order valence-corrected chi connectivity index (χ0v) is 16.7. The first kappa shape index (κ1) is 19.6. The van der Waals surface area contributed by atoms with Gasteiger partial charge < -0.3 is 11.1 Å². The maximum absolute atomic E-state index is 11.5. The molecule has 0 unspecified atom stereocenters. The summed E-state index contributed by atoms with van der Waals surface area (Å²) in [6, 6.07) is 8.68. The van der Waals surface area contributed by atoms with Crippen LogP contribution in [0.5, 0.6) is 0 Å². The fourth-order valence-corrected chi connectivity index (χ4v) is 3.93. The van der Waals surface area contributed by atoms with Crippen molar-refractivity contribution in [3.05, 3.63) is 52.3 Å². The van der Waals surface area contributed by atoms with Crippen LogP contribution in [0.3, 0.4) is 0 Å². The Labute approximate surface area is 161 Å². The Morgan fingerprint density at radius 1 is 1.30 bits per heavy atom. The quantitative estimate of drug-likeness (QED) is 0.783. The highest BCUT2D eigenvalue weighted by atomic mass is 16.1. The lowest BCUT2D eigenvalue weighted by atomic mass is 9.97. The molecule has 146 valence electrons. The molecule has 2 aromatic rings. The molecular formula is C21H31N5O. The van der Waals surface area contributed by atoms with Crippen LogP contribution >= 0.6 is 0 Å². The summed E-state index contributed by atoms with van der Waals surface area (Å²) in [5.41, 5.74) is 11.6. The highest BCUT2D eigenvalue weighted by Gasteiger charge is 2.23. The second-order valence-corrected chi connectivity index (χ2v) is 7.67. The van der Waals surface area contributed by atoms with Gasteiger partial charge in [-0.25, -0.2) is 0 Å². The summed E-state index contributed by atoms with van der Waals surface area (Å²) in [4.78, 5) is 13.8. The first-order valence-electron chi connectivity index (χ1n) is 9.73. The van der Waals surface area contributed by atoms with Crippen LogP contribution in [-0.4, -0.2) is 33.7 Å². The van der Waals surface area contributed by atoms with E-state index >= 15 is 0 Å². The predicted octanol–water partition coefficient (Wildman–Crippen LogP) is 2.02. The number of nitrogens with zero attached hydrogens (tertiary/aromatic N) is 3. The molecule has 0 saturated carbocycles. The minimum Gasteiger partial charge on any atom is -0.369 e. The summed E-state index contributed by atoms with van der Waals surface area (Å²) < 4.78 is 1.94. The summed E-state index contributed by atoms with van der Waals surface area (Å²) in [7, 11) is 1.98. The van der Waals surface area contributed by atoms with Gasteiger partial charge in [-0.3, -0.25) is 14.4 Å². The molecule has 1 aromatic heterocycles. The number of nitrogens with one attached hydrogen (secondary N) is 1. The van der Waals surface area contributed by atoms with Gasteiger partial charge in [-0.15, -0.1) is 0 Å². The molecule has 0 bridgehead atoms. The highest BCUT2D eigenvalue weighted by molar-refractivity contribution is 5.76. The second-order valence-electron chi connectivity index (χ2n) is 7.67. The number of rotatable bonds is 7. The van der Waals surface area contributed by atoms with Crippen LogP contribution in [0, 0.1) is 19.8 Å². The van der Waals surface area contributed by atoms with Crippen LogP contribution in [0.2, 0.25) is 0 Å². The number of aromatic nitrogens is 2. The SMILES string of the molecule is Cc1nn(C)c(C)c1CNCc1cccc(CN2CCC[C@H](C(N)=O)C2)c1. The number of carbonyl (C=O) groups is 1. The molecule has 2 heterocycles. The van der Waals surface area contributed by atoms with Crippen molar-refractivity contribution in [1.82, 2.24) is 20.0 Å². The Bertz CT molecular complexity index is 798. The third kappa shape index (κ3) is 4.96. The number of nitrogens with two attached hydrogens (primary N) is 1. The lowest BCUT2D eigenvalue weighted by Crippen LogP contribution is -2.40. The van der Waals surface area contributed by atoms with Crippen LogP contribution in [0.25, 0.3) is 0 Å². The van der Waals surface area contributed by atoms with Gasteiger partial charge in [0.05, 0.1) is 11.6 Å². The minimum atomic E-state index is -0.168. The number of carbonyl (C=O) groups excluding carboxylic acids is 1. The van der Waals surface area contributed by atoms with E-state index in [-0.39, 0.29) is 11.8 Å². The summed E-state index contributed by atoms with van der Waals surface area (Å²) in [6.07, 6.45) is 1.96. The van der Waals surface area contributed by atoms with Gasteiger partial charge in [0.2, 0.25) is 5.91 Å². The van der Waals surface area contributed by atoms with E-state index in [1.807, 2.05) is 11.7 Å². The number of piperidine rings is 1. The second kappa shape index (κ2) is 8.67. The van der Waals surface area contributed by atoms with Crippen LogP contribution in [0.4, 0.5) is 0 Å². The van der Waals surface area contributed by atoms with E-state index in [1.165, 1.54) is 22.4 Å². The summed E-state index contributed by atoms with van der Waals surface area (Å²) in [6.45, 7) is 8.49. The summed E-state index contributed by atoms with van der Waals surface area (Å²) in [5, 5.41) is 8.01. The standard InChI is InChI=1S/C21H31N5O/c1-15-20(16(2)25(3)24-15)12-23-11-17-6-4-7-18(10-17)13-26-9-5-8-19(14-26)21(22)27/h4,6-7,10,19,23H,5,8-9,11-14H2,1-3H3,(H2,22,27)/t19-/m0/s1. The lowest BCUT2D eigenvalue weighted by Gasteiger charge is -2.31. The molecule has 3 N–H and O–H groups in total. The molecule has 1 saturated heterocycles. The molecule has 6 nitrogen and oxygen atoms in total. The first-order valence-corrected chi connectivity index (χ1v) is 9.73. The van der Waals surface area contributed by atoms with Crippen LogP contribution < -0.4 is 11.1 Å². The molecule has 27 heavy (non-hydrogen) atoms. The van der Waals surface area contributed by atoms with E-state index < -0.39 is 0 Å². The lowest BCUT2D eigenvalue weighted by molar-refractivity contribution is -0.123. The van der Waals surface area contributed by atoms with Crippen molar-refractivity contribution >= 4 is 5.91 Å². The van der Waals surface area contributed by atoms with Gasteiger partial charge in [0.25, 0.3) is 0 Å². The molecule has 1 fully saturated rings. The molecule has 0 spiro atoms. The van der Waals surface area contributed by atoms with Gasteiger partial charge in [-0.1, -0.05) is 24.3 Å². The number of hydrogen-bond acceptors (Lipinski definition) is 4. The summed E-state index contributed by atoms with van der Waals surface area (Å²) in [5.74, 6) is -0.173. The number of likely N-dealkylation sites (tertiary alicyclic amines) is 1. The fraction of sp³-hybridized carbons (Fsp3) is 0.524. The zero-order chi connectivity index (χ0) is 19.4. The van der Waals surface area contributed by atoms with E-state index in [4.69, 9.17) is 5.73 Å². The Hall–Kier alpha value is -2.18. The highest BCUT2D eigenvalue weighted by Crippen LogP contribution is 2.19. The monoisotopic (exact) mass is 369 g/mol. The van der Waals surface area contributed by atoms with E-state index in [0.717, 1.165) is 51.3 Å². The van der Waals surface area contributed by atoms with Gasteiger partial charge >= 0.3 is 0 Å². The molecule has 3 rings (SSSR count). The molecule has 1 amide bonds. The first-order chi connectivity index (χ1) is 12.9. The van der Waals surface area contributed by atoms with Crippen LogP contribution in [0.1, 0.15) is 40.9 Å². The molecule has 1 aliphatic rings. The average molecular weight is 370 g/mol. The van der Waals surface area contributed by atoms with E-state index in [9.17, 15) is 4.79 Å². The molecule has 1 aromatic carbocycles. The topological polar surface area (TPSA) is 76.2 Å². The molecule has 6 heteroatoms. The number of benzene rings is 1. The van der Waals surface area contributed by atoms with Gasteiger partial charge in [0.1, 0.15) is 0 Å². The van der Waals surface area contributed by atoms with Gasteiger partial charge in [0.15, 0.2) is 0 Å². The smallest absolute Gasteiger partial charge is 0.221 e. The molecule has 1 atom stereocenters. The van der Waals surface area contributed by atoms with E-state index in [0.29, 0.717) is 0 Å². The molecular weight excluding hydrogens is 338 g/mol. The number of primary amides is 1. The third-order valence-electron chi connectivity index (χ3n) is 5.60. The summed E-state index contributed by atoms with van der Waals surface area (Å²) >= 11 is 0. The number of hydrogen-bond donors (Lipinski definition) is 2. The Morgan fingerprint density at radius 3 is 2.78 bits per heavy atom. The van der Waals surface area contributed by atoms with Crippen molar-refractivity contribution in [3.63, 3.8) is 0 Å².